The van der Waals surface area contributed by atoms with Gasteiger partial charge in [0.05, 0.1) is 23.6 Å². The van der Waals surface area contributed by atoms with E-state index in [1.54, 1.807) is 10.7 Å². The van der Waals surface area contributed by atoms with Gasteiger partial charge in [-0.25, -0.2) is 4.98 Å². The molecule has 4 rings (SSSR count). The topological polar surface area (TPSA) is 78.8 Å². The normalized spacial score (nSPS) is 18.1. The van der Waals surface area contributed by atoms with E-state index in [-0.39, 0.29) is 11.9 Å². The van der Waals surface area contributed by atoms with Crippen molar-refractivity contribution in [2.24, 2.45) is 7.05 Å². The lowest BCUT2D eigenvalue weighted by Crippen LogP contribution is -2.33. The highest BCUT2D eigenvalue weighted by Gasteiger charge is 2.30. The Kier molecular flexibility index (Phi) is 4.01. The number of aryl methyl sites for hydroxylation is 2. The average molecular weight is 338 g/mol. The molecule has 0 aliphatic carbocycles. The molecule has 3 heterocycles. The zero-order valence-electron chi connectivity index (χ0n) is 14.5. The van der Waals surface area contributed by atoms with Crippen LogP contribution in [0.1, 0.15) is 30.3 Å². The van der Waals surface area contributed by atoms with Crippen LogP contribution in [0.5, 0.6) is 0 Å². The molecular formula is C18H22N6O. The van der Waals surface area contributed by atoms with E-state index in [1.807, 2.05) is 25.4 Å². The molecule has 1 aliphatic rings. The molecule has 1 aromatic carbocycles. The smallest absolute Gasteiger partial charge is 0.239 e. The van der Waals surface area contributed by atoms with Crippen LogP contribution in [0.2, 0.25) is 0 Å². The number of H-pyrrole nitrogens is 1. The van der Waals surface area contributed by atoms with Crippen LogP contribution in [-0.2, 0) is 11.8 Å². The van der Waals surface area contributed by atoms with Crippen molar-refractivity contribution in [2.45, 2.75) is 25.8 Å². The number of nitrogens with zero attached hydrogens (tertiary/aromatic N) is 4. The molecule has 1 saturated heterocycles. The molecule has 1 amide bonds. The summed E-state index contributed by atoms with van der Waals surface area (Å²) in [6.45, 7) is 3.31. The summed E-state index contributed by atoms with van der Waals surface area (Å²) >= 11 is 0. The number of amides is 1. The fourth-order valence-electron chi connectivity index (χ4n) is 3.53. The summed E-state index contributed by atoms with van der Waals surface area (Å²) in [4.78, 5) is 22.8. The van der Waals surface area contributed by atoms with E-state index in [9.17, 15) is 4.79 Å². The van der Waals surface area contributed by atoms with Gasteiger partial charge in [-0.15, -0.1) is 0 Å². The second-order valence-electron chi connectivity index (χ2n) is 6.64. The quantitative estimate of drug-likeness (QED) is 0.765. The van der Waals surface area contributed by atoms with Crippen molar-refractivity contribution >= 4 is 22.8 Å². The van der Waals surface area contributed by atoms with E-state index in [0.717, 1.165) is 41.8 Å². The number of hydrogen-bond donors (Lipinski definition) is 2. The number of likely N-dealkylation sites (tertiary alicyclic amines) is 1. The fraction of sp³-hybridized carbons (Fsp3) is 0.389. The number of aromatic nitrogens is 4. The van der Waals surface area contributed by atoms with Crippen LogP contribution >= 0.6 is 0 Å². The van der Waals surface area contributed by atoms with Gasteiger partial charge in [0, 0.05) is 19.3 Å². The zero-order chi connectivity index (χ0) is 17.4. The van der Waals surface area contributed by atoms with Crippen LogP contribution in [-0.4, -0.2) is 43.6 Å². The van der Waals surface area contributed by atoms with E-state index < -0.39 is 0 Å². The number of anilines is 1. The van der Waals surface area contributed by atoms with Gasteiger partial charge in [-0.2, -0.15) is 5.10 Å². The minimum atomic E-state index is -0.0436. The van der Waals surface area contributed by atoms with Gasteiger partial charge in [0.1, 0.15) is 5.82 Å². The fourth-order valence-corrected chi connectivity index (χ4v) is 3.53. The number of imidazole rings is 1. The molecule has 0 radical (unpaired) electrons. The van der Waals surface area contributed by atoms with Gasteiger partial charge in [0.15, 0.2) is 5.82 Å². The van der Waals surface area contributed by atoms with Crippen LogP contribution in [0.4, 0.5) is 5.82 Å². The molecular weight excluding hydrogens is 316 g/mol. The maximum atomic E-state index is 12.3. The number of benzene rings is 1. The van der Waals surface area contributed by atoms with E-state index in [2.05, 4.69) is 33.3 Å². The van der Waals surface area contributed by atoms with E-state index in [1.165, 1.54) is 0 Å². The van der Waals surface area contributed by atoms with Gasteiger partial charge in [0.2, 0.25) is 5.91 Å². The number of rotatable bonds is 4. The van der Waals surface area contributed by atoms with Gasteiger partial charge in [0.25, 0.3) is 0 Å². The summed E-state index contributed by atoms with van der Waals surface area (Å²) in [5, 5.41) is 7.04. The first-order valence-corrected chi connectivity index (χ1v) is 8.59. The molecule has 7 nitrogen and oxygen atoms in total. The highest BCUT2D eigenvalue weighted by atomic mass is 16.2. The van der Waals surface area contributed by atoms with E-state index in [0.29, 0.717) is 12.4 Å². The van der Waals surface area contributed by atoms with Crippen molar-refractivity contribution in [1.29, 1.82) is 0 Å². The zero-order valence-corrected chi connectivity index (χ0v) is 14.5. The Balaban J connectivity index is 1.49. The Hall–Kier alpha value is -2.67. The SMILES string of the molecule is Cc1cccc2[nH]c([C@@H]3CCCN3CC(=O)Nc3ccn(C)n3)nc12. The van der Waals surface area contributed by atoms with Gasteiger partial charge in [-0.05, 0) is 37.9 Å². The van der Waals surface area contributed by atoms with Crippen LogP contribution < -0.4 is 5.32 Å². The number of hydrogen-bond acceptors (Lipinski definition) is 4. The molecule has 130 valence electrons. The lowest BCUT2D eigenvalue weighted by atomic mass is 10.2. The van der Waals surface area contributed by atoms with Gasteiger partial charge >= 0.3 is 0 Å². The minimum absolute atomic E-state index is 0.0436. The second kappa shape index (κ2) is 6.33. The van der Waals surface area contributed by atoms with Crippen molar-refractivity contribution in [3.05, 3.63) is 41.9 Å². The molecule has 7 heteroatoms. The average Bonchev–Trinajstić information content (AvgIpc) is 3.27. The summed E-state index contributed by atoms with van der Waals surface area (Å²) in [5.74, 6) is 1.49. The van der Waals surface area contributed by atoms with Crippen molar-refractivity contribution in [3.8, 4) is 0 Å². The first-order valence-electron chi connectivity index (χ1n) is 8.59. The summed E-state index contributed by atoms with van der Waals surface area (Å²) in [6, 6.07) is 8.10. The molecule has 2 N–H and O–H groups in total. The number of aromatic amines is 1. The highest BCUT2D eigenvalue weighted by Crippen LogP contribution is 2.31. The van der Waals surface area contributed by atoms with Crippen molar-refractivity contribution in [2.75, 3.05) is 18.4 Å². The monoisotopic (exact) mass is 338 g/mol. The van der Waals surface area contributed by atoms with Gasteiger partial charge in [-0.1, -0.05) is 12.1 Å². The van der Waals surface area contributed by atoms with Crippen LogP contribution in [0.25, 0.3) is 11.0 Å². The number of nitrogens with one attached hydrogen (secondary N) is 2. The highest BCUT2D eigenvalue weighted by molar-refractivity contribution is 5.91. The first kappa shape index (κ1) is 15.8. The van der Waals surface area contributed by atoms with Gasteiger partial charge in [-0.3, -0.25) is 14.4 Å². The molecule has 1 fully saturated rings. The predicted molar refractivity (Wildman–Crippen MR) is 96.2 cm³/mol. The number of carbonyl (C=O) groups is 1. The standard InChI is InChI=1S/C18H22N6O/c1-12-5-3-6-13-17(12)21-18(19-13)14-7-4-9-24(14)11-16(25)20-15-8-10-23(2)22-15/h3,5-6,8,10,14H,4,7,9,11H2,1-2H3,(H,19,21)(H,20,22,25)/t14-/m0/s1. The second-order valence-corrected chi connectivity index (χ2v) is 6.64. The molecule has 0 unspecified atom stereocenters. The van der Waals surface area contributed by atoms with Crippen LogP contribution in [0.3, 0.4) is 0 Å². The summed E-state index contributed by atoms with van der Waals surface area (Å²) in [7, 11) is 1.83. The van der Waals surface area contributed by atoms with Crippen LogP contribution in [0, 0.1) is 6.92 Å². The Bertz CT molecular complexity index is 911. The lowest BCUT2D eigenvalue weighted by molar-refractivity contribution is -0.117. The largest absolute Gasteiger partial charge is 0.341 e. The molecule has 1 aliphatic heterocycles. The summed E-state index contributed by atoms with van der Waals surface area (Å²) in [5.41, 5.74) is 3.24. The maximum absolute atomic E-state index is 12.3. The maximum Gasteiger partial charge on any atom is 0.239 e. The predicted octanol–water partition coefficient (Wildman–Crippen LogP) is 2.38. The summed E-state index contributed by atoms with van der Waals surface area (Å²) in [6.07, 6.45) is 3.89. The lowest BCUT2D eigenvalue weighted by Gasteiger charge is -2.21. The molecule has 2 aromatic heterocycles. The van der Waals surface area contributed by atoms with E-state index >= 15 is 0 Å². The molecule has 0 bridgehead atoms. The van der Waals surface area contributed by atoms with Crippen molar-refractivity contribution in [1.82, 2.24) is 24.6 Å². The third-order valence-electron chi connectivity index (χ3n) is 4.74. The molecule has 0 spiro atoms. The van der Waals surface area contributed by atoms with Gasteiger partial charge < -0.3 is 10.3 Å². The Morgan fingerprint density at radius 3 is 3.04 bits per heavy atom. The Morgan fingerprint density at radius 2 is 2.28 bits per heavy atom. The van der Waals surface area contributed by atoms with Crippen molar-refractivity contribution in [3.63, 3.8) is 0 Å². The molecule has 0 saturated carbocycles. The summed E-state index contributed by atoms with van der Waals surface area (Å²) < 4.78 is 1.67. The number of carbonyl (C=O) groups excluding carboxylic acids is 1. The van der Waals surface area contributed by atoms with Crippen molar-refractivity contribution < 1.29 is 4.79 Å². The third-order valence-corrected chi connectivity index (χ3v) is 4.74. The molecule has 25 heavy (non-hydrogen) atoms. The third kappa shape index (κ3) is 3.15. The molecule has 1 atom stereocenters. The molecule has 3 aromatic rings. The van der Waals surface area contributed by atoms with Crippen LogP contribution in [0.15, 0.2) is 30.5 Å². The minimum Gasteiger partial charge on any atom is -0.341 e. The Labute approximate surface area is 146 Å². The Morgan fingerprint density at radius 1 is 1.40 bits per heavy atom. The first-order chi connectivity index (χ1) is 12.1. The van der Waals surface area contributed by atoms with E-state index in [4.69, 9.17) is 4.98 Å². The number of fused-ring (bicyclic) bond motifs is 1. The number of para-hydroxylation sites is 1.